The SMILES string of the molecule is BrCc1ccc(CBr)cc1.OCCCCCCCO. The second kappa shape index (κ2) is 14.5. The zero-order valence-electron chi connectivity index (χ0n) is 11.3. The maximum atomic E-state index is 8.37. The second-order valence-corrected chi connectivity index (χ2v) is 5.42. The summed E-state index contributed by atoms with van der Waals surface area (Å²) in [5, 5.41) is 18.6. The van der Waals surface area contributed by atoms with Crippen LogP contribution in [-0.4, -0.2) is 23.4 Å². The van der Waals surface area contributed by atoms with E-state index >= 15 is 0 Å². The second-order valence-electron chi connectivity index (χ2n) is 4.30. The van der Waals surface area contributed by atoms with Gasteiger partial charge in [-0.2, -0.15) is 0 Å². The summed E-state index contributed by atoms with van der Waals surface area (Å²) in [5.74, 6) is 0. The Kier molecular flexibility index (Phi) is 14.6. The number of rotatable bonds is 8. The van der Waals surface area contributed by atoms with E-state index in [1.807, 2.05) is 0 Å². The van der Waals surface area contributed by atoms with E-state index in [0.29, 0.717) is 13.2 Å². The monoisotopic (exact) mass is 394 g/mol. The van der Waals surface area contributed by atoms with E-state index < -0.39 is 0 Å². The molecule has 0 fully saturated rings. The Morgan fingerprint density at radius 2 is 0.947 bits per heavy atom. The van der Waals surface area contributed by atoms with Crippen molar-refractivity contribution in [1.29, 1.82) is 0 Å². The van der Waals surface area contributed by atoms with Gasteiger partial charge in [-0.05, 0) is 24.0 Å². The molecule has 4 heteroatoms. The molecule has 110 valence electrons. The van der Waals surface area contributed by atoms with E-state index in [4.69, 9.17) is 10.2 Å². The predicted molar refractivity (Wildman–Crippen MR) is 89.0 cm³/mol. The van der Waals surface area contributed by atoms with Crippen LogP contribution in [0.3, 0.4) is 0 Å². The largest absolute Gasteiger partial charge is 0.396 e. The van der Waals surface area contributed by atoms with Crippen LogP contribution in [0.15, 0.2) is 24.3 Å². The highest BCUT2D eigenvalue weighted by atomic mass is 79.9. The van der Waals surface area contributed by atoms with Crippen LogP contribution in [-0.2, 0) is 10.7 Å². The van der Waals surface area contributed by atoms with Crippen LogP contribution < -0.4 is 0 Å². The van der Waals surface area contributed by atoms with Crippen LogP contribution in [0.25, 0.3) is 0 Å². The fraction of sp³-hybridized carbons (Fsp3) is 0.600. The van der Waals surface area contributed by atoms with Gasteiger partial charge in [-0.1, -0.05) is 75.4 Å². The minimum atomic E-state index is 0.305. The maximum Gasteiger partial charge on any atom is 0.0431 e. The van der Waals surface area contributed by atoms with E-state index in [2.05, 4.69) is 56.1 Å². The number of halogens is 2. The number of hydrogen-bond acceptors (Lipinski definition) is 2. The highest BCUT2D eigenvalue weighted by Gasteiger charge is 1.89. The average Bonchev–Trinajstić information content (AvgIpc) is 2.48. The van der Waals surface area contributed by atoms with Crippen LogP contribution >= 0.6 is 31.9 Å². The number of alkyl halides is 2. The van der Waals surface area contributed by atoms with Gasteiger partial charge in [-0.25, -0.2) is 0 Å². The van der Waals surface area contributed by atoms with Gasteiger partial charge in [0.1, 0.15) is 0 Å². The molecule has 0 aliphatic rings. The molecule has 0 heterocycles. The van der Waals surface area contributed by atoms with Crippen LogP contribution in [0.5, 0.6) is 0 Å². The van der Waals surface area contributed by atoms with Crippen LogP contribution in [0.4, 0.5) is 0 Å². The standard InChI is InChI=1S/C8H8Br2.C7H16O2/c9-5-7-1-2-8(6-10)4-3-7;8-6-4-2-1-3-5-7-9/h1-4H,5-6H2;8-9H,1-7H2. The first-order valence-corrected chi connectivity index (χ1v) is 8.94. The first-order chi connectivity index (χ1) is 9.28. The van der Waals surface area contributed by atoms with Crippen molar-refractivity contribution < 1.29 is 10.2 Å². The molecule has 0 spiro atoms. The fourth-order valence-electron chi connectivity index (χ4n) is 1.47. The van der Waals surface area contributed by atoms with E-state index in [1.54, 1.807) is 0 Å². The maximum absolute atomic E-state index is 8.37. The van der Waals surface area contributed by atoms with E-state index in [-0.39, 0.29) is 0 Å². The Bertz CT molecular complexity index is 260. The number of aliphatic hydroxyl groups is 2. The zero-order chi connectivity index (χ0) is 14.3. The molecule has 2 N–H and O–H groups in total. The third kappa shape index (κ3) is 11.6. The summed E-state index contributed by atoms with van der Waals surface area (Å²) in [5.41, 5.74) is 2.65. The molecule has 1 aromatic carbocycles. The number of benzene rings is 1. The summed E-state index contributed by atoms with van der Waals surface area (Å²) in [6.07, 6.45) is 5.14. The van der Waals surface area contributed by atoms with Gasteiger partial charge in [-0.3, -0.25) is 0 Å². The third-order valence-corrected chi connectivity index (χ3v) is 3.94. The molecule has 0 bridgehead atoms. The Morgan fingerprint density at radius 3 is 1.21 bits per heavy atom. The van der Waals surface area contributed by atoms with Gasteiger partial charge < -0.3 is 10.2 Å². The van der Waals surface area contributed by atoms with Crippen molar-refractivity contribution in [1.82, 2.24) is 0 Å². The molecule has 2 nitrogen and oxygen atoms in total. The molecule has 0 saturated carbocycles. The average molecular weight is 396 g/mol. The van der Waals surface area contributed by atoms with Crippen LogP contribution in [0.1, 0.15) is 43.2 Å². The van der Waals surface area contributed by atoms with E-state index in [1.165, 1.54) is 11.1 Å². The predicted octanol–water partition coefficient (Wildman–Crippen LogP) is 4.40. The van der Waals surface area contributed by atoms with Crippen molar-refractivity contribution in [3.8, 4) is 0 Å². The van der Waals surface area contributed by atoms with Crippen molar-refractivity contribution in [3.05, 3.63) is 35.4 Å². The highest BCUT2D eigenvalue weighted by molar-refractivity contribution is 9.08. The number of hydrogen-bond donors (Lipinski definition) is 2. The van der Waals surface area contributed by atoms with Gasteiger partial charge in [-0.15, -0.1) is 0 Å². The highest BCUT2D eigenvalue weighted by Crippen LogP contribution is 2.09. The summed E-state index contributed by atoms with van der Waals surface area (Å²) in [6.45, 7) is 0.609. The van der Waals surface area contributed by atoms with Crippen molar-refractivity contribution in [2.75, 3.05) is 13.2 Å². The quantitative estimate of drug-likeness (QED) is 0.505. The minimum Gasteiger partial charge on any atom is -0.396 e. The Labute approximate surface area is 133 Å². The molecular formula is C15H24Br2O2. The van der Waals surface area contributed by atoms with Gasteiger partial charge in [0.25, 0.3) is 0 Å². The lowest BCUT2D eigenvalue weighted by atomic mass is 10.2. The zero-order valence-corrected chi connectivity index (χ0v) is 14.5. The molecule has 0 aliphatic carbocycles. The Morgan fingerprint density at radius 1 is 0.632 bits per heavy atom. The number of aliphatic hydroxyl groups excluding tert-OH is 2. The third-order valence-electron chi connectivity index (χ3n) is 2.65. The lowest BCUT2D eigenvalue weighted by molar-refractivity contribution is 0.272. The van der Waals surface area contributed by atoms with Gasteiger partial charge in [0.2, 0.25) is 0 Å². The van der Waals surface area contributed by atoms with Crippen molar-refractivity contribution in [2.45, 2.75) is 42.8 Å². The van der Waals surface area contributed by atoms with Gasteiger partial charge in [0.15, 0.2) is 0 Å². The van der Waals surface area contributed by atoms with Gasteiger partial charge in [0.05, 0.1) is 0 Å². The first-order valence-electron chi connectivity index (χ1n) is 6.70. The minimum absolute atomic E-state index is 0.305. The van der Waals surface area contributed by atoms with Gasteiger partial charge >= 0.3 is 0 Å². The van der Waals surface area contributed by atoms with Crippen molar-refractivity contribution >= 4 is 31.9 Å². The normalized spacial score (nSPS) is 9.89. The molecule has 0 amide bonds. The molecule has 1 aromatic rings. The lowest BCUT2D eigenvalue weighted by Gasteiger charge is -1.96. The van der Waals surface area contributed by atoms with Crippen LogP contribution in [0.2, 0.25) is 0 Å². The summed E-state index contributed by atoms with van der Waals surface area (Å²) >= 11 is 6.78. The smallest absolute Gasteiger partial charge is 0.0431 e. The summed E-state index contributed by atoms with van der Waals surface area (Å²) in [7, 11) is 0. The molecule has 0 saturated heterocycles. The van der Waals surface area contributed by atoms with E-state index in [9.17, 15) is 0 Å². The van der Waals surface area contributed by atoms with Crippen LogP contribution in [0, 0.1) is 0 Å². The van der Waals surface area contributed by atoms with Gasteiger partial charge in [0, 0.05) is 23.9 Å². The van der Waals surface area contributed by atoms with E-state index in [0.717, 1.165) is 42.8 Å². The topological polar surface area (TPSA) is 40.5 Å². The molecule has 0 unspecified atom stereocenters. The van der Waals surface area contributed by atoms with Crippen molar-refractivity contribution in [3.63, 3.8) is 0 Å². The van der Waals surface area contributed by atoms with Crippen molar-refractivity contribution in [2.24, 2.45) is 0 Å². The number of unbranched alkanes of at least 4 members (excludes halogenated alkanes) is 4. The Balaban J connectivity index is 0.000000344. The summed E-state index contributed by atoms with van der Waals surface area (Å²) in [4.78, 5) is 0. The summed E-state index contributed by atoms with van der Waals surface area (Å²) < 4.78 is 0. The Hall–Kier alpha value is 0.1000. The molecule has 0 aromatic heterocycles. The fourth-order valence-corrected chi connectivity index (χ4v) is 2.22. The molecule has 0 atom stereocenters. The molecular weight excluding hydrogens is 372 g/mol. The molecule has 1 rings (SSSR count). The molecule has 0 radical (unpaired) electrons. The molecule has 19 heavy (non-hydrogen) atoms. The lowest BCUT2D eigenvalue weighted by Crippen LogP contribution is -1.85. The first kappa shape index (κ1) is 19.1. The summed E-state index contributed by atoms with van der Waals surface area (Å²) in [6, 6.07) is 8.52. The molecule has 0 aliphatic heterocycles.